The Kier molecular flexibility index (Phi) is 0.610. The molecule has 0 saturated carbocycles. The van der Waals surface area contributed by atoms with Gasteiger partial charge in [-0.1, -0.05) is 38.8 Å². The highest BCUT2D eigenvalue weighted by molar-refractivity contribution is 5.30. The van der Waals surface area contributed by atoms with Crippen molar-refractivity contribution >= 4 is 0 Å². The monoisotopic (exact) mass is 177 g/mol. The first-order valence-electron chi connectivity index (χ1n) is 10.7. The molecule has 12 heavy (non-hydrogen) atoms. The number of rotatable bonds is 3. The van der Waals surface area contributed by atoms with Gasteiger partial charge in [-0.15, -0.1) is 0 Å². The summed E-state index contributed by atoms with van der Waals surface area (Å²) in [5.41, 5.74) is -2.22. The lowest BCUT2D eigenvalue weighted by Gasteiger charge is -2.05. The molecule has 0 saturated heterocycles. The fourth-order valence-electron chi connectivity index (χ4n) is 0.844. The van der Waals surface area contributed by atoms with Crippen LogP contribution >= 0.6 is 0 Å². The van der Waals surface area contributed by atoms with Crippen LogP contribution in [-0.2, 0) is 19.1 Å². The van der Waals surface area contributed by atoms with Gasteiger partial charge < -0.3 is 0 Å². The molecule has 0 nitrogen and oxygen atoms in total. The third-order valence-corrected chi connectivity index (χ3v) is 1.37. The van der Waals surface area contributed by atoms with Gasteiger partial charge in [0.15, 0.2) is 0 Å². The molecule has 0 aliphatic carbocycles. The van der Waals surface area contributed by atoms with E-state index in [1.54, 1.807) is 0 Å². The van der Waals surface area contributed by atoms with E-state index in [9.17, 15) is 0 Å². The Balaban J connectivity index is 3.90. The highest BCUT2D eigenvalue weighted by Gasteiger charge is 1.96. The minimum absolute atomic E-state index is 0.678. The van der Waals surface area contributed by atoms with Crippen LogP contribution in [0.5, 0.6) is 0 Å². The maximum absolute atomic E-state index is 7.81. The molecule has 0 radical (unpaired) electrons. The summed E-state index contributed by atoms with van der Waals surface area (Å²) >= 11 is 0. The van der Waals surface area contributed by atoms with Crippen molar-refractivity contribution in [3.05, 3.63) is 34.9 Å². The Labute approximate surface area is 96.7 Å². The van der Waals surface area contributed by atoms with Crippen LogP contribution < -0.4 is 0 Å². The Bertz CT molecular complexity index is 581. The summed E-state index contributed by atoms with van der Waals surface area (Å²) in [6.07, 6.45) is -9.31. The molecule has 0 bridgehead atoms. The van der Waals surface area contributed by atoms with Gasteiger partial charge in [-0.05, 0) is 35.8 Å². The van der Waals surface area contributed by atoms with Crippen molar-refractivity contribution in [3.8, 4) is 0 Å². The van der Waals surface area contributed by atoms with Crippen LogP contribution in [0.1, 0.15) is 57.8 Å². The van der Waals surface area contributed by atoms with Crippen LogP contribution in [0.2, 0.25) is 0 Å². The summed E-state index contributed by atoms with van der Waals surface area (Å²) in [7, 11) is 0. The maximum atomic E-state index is 7.81. The predicted octanol–water partition coefficient (Wildman–Crippen LogP) is 3.37. The minimum Gasteiger partial charge on any atom is -0.0613 e. The fraction of sp³-hybridized carbons (Fsp3) is 0.500. The Morgan fingerprint density at radius 1 is 0.917 bits per heavy atom. The van der Waals surface area contributed by atoms with Crippen LogP contribution in [0.3, 0.4) is 0 Å². The number of hydrogen-bond acceptors (Lipinski definition) is 0. The van der Waals surface area contributed by atoms with Gasteiger partial charge in [0.2, 0.25) is 0 Å². The van der Waals surface area contributed by atoms with E-state index in [1.807, 2.05) is 0 Å². The first-order chi connectivity index (χ1) is 11.6. The zero-order valence-corrected chi connectivity index (χ0v) is 6.23. The SMILES string of the molecule is [2H]C([2H])([2H])C([2H])([2H])c1cc(C([2H])([2H])C([2H])([2H])[2H])cc(C([2H])([2H])C([2H])([2H])[2H])c1. The third kappa shape index (κ3) is 2.10. The van der Waals surface area contributed by atoms with E-state index in [0.29, 0.717) is 18.2 Å². The minimum atomic E-state index is -3.25. The molecule has 0 aliphatic heterocycles. The summed E-state index contributed by atoms with van der Waals surface area (Å²) in [5, 5.41) is 0. The number of benzene rings is 1. The lowest BCUT2D eigenvalue weighted by molar-refractivity contribution is 1.04. The number of aryl methyl sites for hydroxylation is 3. The second kappa shape index (κ2) is 4.30. The molecule has 1 aromatic rings. The molecule has 0 heteroatoms. The summed E-state index contributed by atoms with van der Waals surface area (Å²) in [6.45, 7) is -9.74. The maximum Gasteiger partial charge on any atom is 0.0313 e. The van der Waals surface area contributed by atoms with Gasteiger partial charge in [0, 0.05) is 20.6 Å². The lowest BCUT2D eigenvalue weighted by atomic mass is 10.0. The summed E-state index contributed by atoms with van der Waals surface area (Å²) in [6, 6.07) is 2.04. The van der Waals surface area contributed by atoms with Crippen molar-refractivity contribution < 1.29 is 20.6 Å². The first-order valence-corrected chi connectivity index (χ1v) is 3.23. The molecule has 1 rings (SSSR count). The van der Waals surface area contributed by atoms with Crippen molar-refractivity contribution in [2.24, 2.45) is 0 Å². The van der Waals surface area contributed by atoms with Crippen LogP contribution in [0.15, 0.2) is 18.2 Å². The number of hydrogen-bond donors (Lipinski definition) is 0. The topological polar surface area (TPSA) is 0 Å². The highest BCUT2D eigenvalue weighted by Crippen LogP contribution is 2.12. The average molecular weight is 177 g/mol. The zero-order chi connectivity index (χ0) is 21.9. The van der Waals surface area contributed by atoms with Crippen LogP contribution in [0.4, 0.5) is 0 Å². The quantitative estimate of drug-likeness (QED) is 0.664. The largest absolute Gasteiger partial charge is 0.0613 e. The van der Waals surface area contributed by atoms with Gasteiger partial charge >= 0.3 is 0 Å². The van der Waals surface area contributed by atoms with Crippen molar-refractivity contribution in [1.29, 1.82) is 0 Å². The molecule has 0 atom stereocenters. The van der Waals surface area contributed by atoms with Gasteiger partial charge in [-0.2, -0.15) is 0 Å². The molecule has 0 heterocycles. The lowest BCUT2D eigenvalue weighted by Crippen LogP contribution is -1.90. The first kappa shape index (κ1) is 1.70. The molecule has 0 spiro atoms. The van der Waals surface area contributed by atoms with Crippen LogP contribution in [-0.4, -0.2) is 0 Å². The third-order valence-electron chi connectivity index (χ3n) is 1.37. The van der Waals surface area contributed by atoms with E-state index in [-0.39, 0.29) is 0 Å². The summed E-state index contributed by atoms with van der Waals surface area (Å²) in [5.74, 6) is 0. The summed E-state index contributed by atoms with van der Waals surface area (Å²) in [4.78, 5) is 0. The molecule has 0 unspecified atom stereocenters. The normalized spacial score (nSPS) is 35.5. The fourth-order valence-corrected chi connectivity index (χ4v) is 0.844. The van der Waals surface area contributed by atoms with Crippen LogP contribution in [0.25, 0.3) is 0 Å². The van der Waals surface area contributed by atoms with Gasteiger partial charge in [-0.3, -0.25) is 0 Å². The standard InChI is InChI=1S/C12H18/c1-4-10-7-11(5-2)9-12(6-3)8-10/h7-9H,4-6H2,1-3H3/i1D3,2D3,3D3,4D2,5D2,6D2. The zero-order valence-electron chi connectivity index (χ0n) is 21.2. The van der Waals surface area contributed by atoms with Gasteiger partial charge in [0.25, 0.3) is 0 Å². The van der Waals surface area contributed by atoms with Gasteiger partial charge in [-0.25, -0.2) is 0 Å². The van der Waals surface area contributed by atoms with Crippen molar-refractivity contribution in [2.45, 2.75) is 39.7 Å². The molecule has 1 aromatic carbocycles. The molecule has 0 fully saturated rings. The van der Waals surface area contributed by atoms with E-state index in [0.717, 1.165) is 0 Å². The van der Waals surface area contributed by atoms with Crippen LogP contribution in [0, 0.1) is 0 Å². The van der Waals surface area contributed by atoms with Gasteiger partial charge in [0.1, 0.15) is 0 Å². The van der Waals surface area contributed by atoms with E-state index in [2.05, 4.69) is 0 Å². The van der Waals surface area contributed by atoms with E-state index in [4.69, 9.17) is 20.6 Å². The van der Waals surface area contributed by atoms with Crippen molar-refractivity contribution in [1.82, 2.24) is 0 Å². The Morgan fingerprint density at radius 2 is 1.25 bits per heavy atom. The molecule has 0 aromatic heterocycles. The van der Waals surface area contributed by atoms with E-state index < -0.39 is 56.4 Å². The van der Waals surface area contributed by atoms with Crippen molar-refractivity contribution in [2.75, 3.05) is 0 Å². The molecular formula is C12H18. The Hall–Kier alpha value is -0.780. The highest BCUT2D eigenvalue weighted by atomic mass is 14.0. The predicted molar refractivity (Wildman–Crippen MR) is 54.6 cm³/mol. The van der Waals surface area contributed by atoms with E-state index in [1.165, 1.54) is 0 Å². The summed E-state index contributed by atoms with van der Waals surface area (Å²) < 4.78 is 113. The molecule has 0 aliphatic rings. The Morgan fingerprint density at radius 3 is 1.50 bits per heavy atom. The van der Waals surface area contributed by atoms with Gasteiger partial charge in [0.05, 0.1) is 0 Å². The second-order valence-electron chi connectivity index (χ2n) is 2.17. The van der Waals surface area contributed by atoms with E-state index >= 15 is 0 Å². The second-order valence-corrected chi connectivity index (χ2v) is 2.17. The molecule has 66 valence electrons. The van der Waals surface area contributed by atoms with Crippen molar-refractivity contribution in [3.63, 3.8) is 0 Å². The smallest absolute Gasteiger partial charge is 0.0313 e. The average Bonchev–Trinajstić information content (AvgIpc) is 2.43. The molecule has 0 N–H and O–H groups in total. The molecular weight excluding hydrogens is 144 g/mol. The molecule has 0 amide bonds.